The van der Waals surface area contributed by atoms with Gasteiger partial charge in [0.2, 0.25) is 0 Å². The number of benzene rings is 2. The first-order valence-electron chi connectivity index (χ1n) is 9.79. The Morgan fingerprint density at radius 3 is 2.23 bits per heavy atom. The van der Waals surface area contributed by atoms with Crippen molar-refractivity contribution in [3.63, 3.8) is 0 Å². The quantitative estimate of drug-likeness (QED) is 0.606. The molecule has 3 aromatic rings. The molecule has 0 bridgehead atoms. The Bertz CT molecular complexity index is 949. The SMILES string of the molecule is CN(C(=O)c1ccccc1)[C@@H](Cc1ccccc1)[C@@H](O)CNC(=O)c1ccccn1. The largest absolute Gasteiger partial charge is 0.389 e. The highest BCUT2D eigenvalue weighted by Crippen LogP contribution is 2.15. The van der Waals surface area contributed by atoms with Gasteiger partial charge in [-0.15, -0.1) is 0 Å². The van der Waals surface area contributed by atoms with Gasteiger partial charge in [-0.3, -0.25) is 14.6 Å². The third-order valence-corrected chi connectivity index (χ3v) is 4.94. The van der Waals surface area contributed by atoms with Gasteiger partial charge in [0.15, 0.2) is 0 Å². The molecule has 2 amide bonds. The Labute approximate surface area is 176 Å². The van der Waals surface area contributed by atoms with Crippen molar-refractivity contribution in [2.24, 2.45) is 0 Å². The number of nitrogens with one attached hydrogen (secondary N) is 1. The van der Waals surface area contributed by atoms with Crippen molar-refractivity contribution in [1.29, 1.82) is 0 Å². The van der Waals surface area contributed by atoms with Crippen LogP contribution in [-0.4, -0.2) is 52.5 Å². The predicted octanol–water partition coefficient (Wildman–Crippen LogP) is 2.56. The van der Waals surface area contributed by atoms with Crippen LogP contribution in [0.4, 0.5) is 0 Å². The van der Waals surface area contributed by atoms with Gasteiger partial charge >= 0.3 is 0 Å². The summed E-state index contributed by atoms with van der Waals surface area (Å²) in [5, 5.41) is 13.6. The molecule has 1 aromatic heterocycles. The van der Waals surface area contributed by atoms with Crippen molar-refractivity contribution >= 4 is 11.8 Å². The molecule has 3 rings (SSSR count). The summed E-state index contributed by atoms with van der Waals surface area (Å²) >= 11 is 0. The lowest BCUT2D eigenvalue weighted by Crippen LogP contribution is -2.50. The summed E-state index contributed by atoms with van der Waals surface area (Å²) in [6.07, 6.45) is 1.03. The first-order valence-corrected chi connectivity index (χ1v) is 9.79. The molecule has 0 aliphatic carbocycles. The van der Waals surface area contributed by atoms with Gasteiger partial charge < -0.3 is 15.3 Å². The molecular formula is C24H25N3O3. The van der Waals surface area contributed by atoms with E-state index in [0.29, 0.717) is 12.0 Å². The van der Waals surface area contributed by atoms with Gasteiger partial charge in [0.05, 0.1) is 12.1 Å². The standard InChI is InChI=1S/C24H25N3O3/c1-27(24(30)19-12-6-3-7-13-19)21(16-18-10-4-2-5-11-18)22(28)17-26-23(29)20-14-8-9-15-25-20/h2-15,21-22,28H,16-17H2,1H3,(H,26,29)/t21-,22-/m0/s1. The van der Waals surface area contributed by atoms with E-state index in [1.807, 2.05) is 36.4 Å². The molecule has 1 heterocycles. The zero-order valence-electron chi connectivity index (χ0n) is 16.8. The zero-order valence-corrected chi connectivity index (χ0v) is 16.8. The Morgan fingerprint density at radius 1 is 0.967 bits per heavy atom. The van der Waals surface area contributed by atoms with Crippen LogP contribution in [0.2, 0.25) is 0 Å². The highest BCUT2D eigenvalue weighted by molar-refractivity contribution is 5.94. The monoisotopic (exact) mass is 403 g/mol. The van der Waals surface area contributed by atoms with Crippen LogP contribution in [0.5, 0.6) is 0 Å². The molecule has 0 spiro atoms. The van der Waals surface area contributed by atoms with Crippen molar-refractivity contribution in [2.45, 2.75) is 18.6 Å². The number of carbonyl (C=O) groups excluding carboxylic acids is 2. The van der Waals surface area contributed by atoms with Crippen LogP contribution < -0.4 is 5.32 Å². The number of aliphatic hydroxyl groups is 1. The first-order chi connectivity index (χ1) is 14.6. The summed E-state index contributed by atoms with van der Waals surface area (Å²) in [7, 11) is 1.67. The van der Waals surface area contributed by atoms with Crippen LogP contribution in [0.25, 0.3) is 0 Å². The fraction of sp³-hybridized carbons (Fsp3) is 0.208. The molecule has 0 aliphatic heterocycles. The molecule has 2 N–H and O–H groups in total. The molecule has 6 heteroatoms. The van der Waals surface area contributed by atoms with E-state index in [4.69, 9.17) is 0 Å². The maximum Gasteiger partial charge on any atom is 0.269 e. The van der Waals surface area contributed by atoms with Gasteiger partial charge in [-0.1, -0.05) is 54.6 Å². The number of pyridine rings is 1. The van der Waals surface area contributed by atoms with Crippen molar-refractivity contribution < 1.29 is 14.7 Å². The second kappa shape index (κ2) is 10.3. The Kier molecular flexibility index (Phi) is 7.29. The molecule has 6 nitrogen and oxygen atoms in total. The second-order valence-corrected chi connectivity index (χ2v) is 7.03. The summed E-state index contributed by atoms with van der Waals surface area (Å²) in [6.45, 7) is -0.000677. The van der Waals surface area contributed by atoms with E-state index in [2.05, 4.69) is 10.3 Å². The minimum absolute atomic E-state index is 0.000677. The topological polar surface area (TPSA) is 82.5 Å². The predicted molar refractivity (Wildman–Crippen MR) is 115 cm³/mol. The van der Waals surface area contributed by atoms with E-state index in [1.54, 1.807) is 54.4 Å². The van der Waals surface area contributed by atoms with Gasteiger partial charge in [-0.2, -0.15) is 0 Å². The molecule has 0 unspecified atom stereocenters. The molecule has 30 heavy (non-hydrogen) atoms. The summed E-state index contributed by atoms with van der Waals surface area (Å²) < 4.78 is 0. The number of carbonyl (C=O) groups is 2. The number of hydrogen-bond acceptors (Lipinski definition) is 4. The molecule has 154 valence electrons. The van der Waals surface area contributed by atoms with E-state index in [9.17, 15) is 14.7 Å². The number of nitrogens with zero attached hydrogens (tertiary/aromatic N) is 2. The minimum Gasteiger partial charge on any atom is -0.389 e. The van der Waals surface area contributed by atoms with Gasteiger partial charge in [-0.05, 0) is 36.2 Å². The minimum atomic E-state index is -0.962. The van der Waals surface area contributed by atoms with Crippen LogP contribution in [0, 0.1) is 0 Å². The van der Waals surface area contributed by atoms with Gasteiger partial charge in [0, 0.05) is 25.4 Å². The van der Waals surface area contributed by atoms with Gasteiger partial charge in [0.25, 0.3) is 11.8 Å². The summed E-state index contributed by atoms with van der Waals surface area (Å²) in [5.74, 6) is -0.559. The van der Waals surface area contributed by atoms with Crippen LogP contribution in [0.1, 0.15) is 26.4 Å². The molecule has 2 aromatic carbocycles. The molecule has 0 saturated carbocycles. The van der Waals surface area contributed by atoms with E-state index in [0.717, 1.165) is 5.56 Å². The van der Waals surface area contributed by atoms with Crippen molar-refractivity contribution in [2.75, 3.05) is 13.6 Å². The highest BCUT2D eigenvalue weighted by atomic mass is 16.3. The smallest absolute Gasteiger partial charge is 0.269 e. The molecule has 0 radical (unpaired) electrons. The zero-order chi connectivity index (χ0) is 21.3. The lowest BCUT2D eigenvalue weighted by molar-refractivity contribution is 0.0436. The van der Waals surface area contributed by atoms with E-state index in [1.165, 1.54) is 6.20 Å². The Balaban J connectivity index is 1.74. The maximum absolute atomic E-state index is 13.0. The van der Waals surface area contributed by atoms with E-state index < -0.39 is 12.1 Å². The lowest BCUT2D eigenvalue weighted by Gasteiger charge is -2.32. The molecule has 2 atom stereocenters. The summed E-state index contributed by atoms with van der Waals surface area (Å²) in [6, 6.07) is 23.1. The van der Waals surface area contributed by atoms with Crippen LogP contribution >= 0.6 is 0 Å². The van der Waals surface area contributed by atoms with Crippen LogP contribution in [-0.2, 0) is 6.42 Å². The normalized spacial score (nSPS) is 12.6. The number of hydrogen-bond donors (Lipinski definition) is 2. The van der Waals surface area contributed by atoms with E-state index >= 15 is 0 Å². The fourth-order valence-electron chi connectivity index (χ4n) is 3.24. The van der Waals surface area contributed by atoms with Crippen molar-refractivity contribution in [3.8, 4) is 0 Å². The third-order valence-electron chi connectivity index (χ3n) is 4.94. The first kappa shape index (κ1) is 21.2. The number of rotatable bonds is 8. The van der Waals surface area contributed by atoms with Gasteiger partial charge in [-0.25, -0.2) is 0 Å². The molecular weight excluding hydrogens is 378 g/mol. The summed E-state index contributed by atoms with van der Waals surface area (Å²) in [5.41, 5.74) is 1.81. The lowest BCUT2D eigenvalue weighted by atomic mass is 9.99. The van der Waals surface area contributed by atoms with Crippen molar-refractivity contribution in [3.05, 3.63) is 102 Å². The summed E-state index contributed by atoms with van der Waals surface area (Å²) in [4.78, 5) is 30.8. The highest BCUT2D eigenvalue weighted by Gasteiger charge is 2.28. The van der Waals surface area contributed by atoms with E-state index in [-0.39, 0.29) is 24.1 Å². The van der Waals surface area contributed by atoms with Gasteiger partial charge in [0.1, 0.15) is 5.69 Å². The number of aliphatic hydroxyl groups excluding tert-OH is 1. The average Bonchev–Trinajstić information content (AvgIpc) is 2.81. The van der Waals surface area contributed by atoms with Crippen LogP contribution in [0.3, 0.4) is 0 Å². The molecule has 0 fully saturated rings. The van der Waals surface area contributed by atoms with Crippen LogP contribution in [0.15, 0.2) is 85.1 Å². The molecule has 0 saturated heterocycles. The fourth-order valence-corrected chi connectivity index (χ4v) is 3.24. The molecule has 0 aliphatic rings. The Morgan fingerprint density at radius 2 is 1.60 bits per heavy atom. The Hall–Kier alpha value is -3.51. The average molecular weight is 403 g/mol. The third kappa shape index (κ3) is 5.52. The number of likely N-dealkylation sites (N-methyl/N-ethyl adjacent to an activating group) is 1. The second-order valence-electron chi connectivity index (χ2n) is 7.03. The van der Waals surface area contributed by atoms with Crippen molar-refractivity contribution in [1.82, 2.24) is 15.2 Å². The number of amides is 2. The maximum atomic E-state index is 13.0. The number of aromatic nitrogens is 1.